The van der Waals surface area contributed by atoms with E-state index in [4.69, 9.17) is 0 Å². The molecular formula is C21H25BrN2O2. The number of likely N-dealkylation sites (N-methyl/N-ethyl adjacent to an activating group) is 1. The summed E-state index contributed by atoms with van der Waals surface area (Å²) in [6.45, 7) is 4.39. The van der Waals surface area contributed by atoms with Gasteiger partial charge in [0, 0.05) is 11.5 Å². The van der Waals surface area contributed by atoms with Gasteiger partial charge in [-0.2, -0.15) is 0 Å². The zero-order valence-electron chi connectivity index (χ0n) is 15.5. The second kappa shape index (κ2) is 9.53. The molecular weight excluding hydrogens is 392 g/mol. The SMILES string of the molecule is CC(C)Cc1ccc(CC(=O)N(C)CC(=O)Nc2ccccc2Br)cc1. The summed E-state index contributed by atoms with van der Waals surface area (Å²) in [4.78, 5) is 26.0. The van der Waals surface area contributed by atoms with E-state index in [0.29, 0.717) is 18.0 Å². The minimum Gasteiger partial charge on any atom is -0.336 e. The molecule has 0 heterocycles. The molecule has 0 aliphatic carbocycles. The number of anilines is 1. The fraction of sp³-hybridized carbons (Fsp3) is 0.333. The van der Waals surface area contributed by atoms with E-state index >= 15 is 0 Å². The van der Waals surface area contributed by atoms with Crippen LogP contribution in [0, 0.1) is 5.92 Å². The first-order valence-corrected chi connectivity index (χ1v) is 9.50. The van der Waals surface area contributed by atoms with Crippen molar-refractivity contribution in [1.82, 2.24) is 4.90 Å². The van der Waals surface area contributed by atoms with E-state index in [1.54, 1.807) is 7.05 Å². The molecule has 0 fully saturated rings. The van der Waals surface area contributed by atoms with Crippen LogP contribution in [0.5, 0.6) is 0 Å². The monoisotopic (exact) mass is 416 g/mol. The molecule has 0 aliphatic rings. The minimum absolute atomic E-state index is 0.0194. The van der Waals surface area contributed by atoms with Crippen LogP contribution in [-0.2, 0) is 22.4 Å². The zero-order chi connectivity index (χ0) is 19.1. The fourth-order valence-corrected chi connectivity index (χ4v) is 3.01. The average molecular weight is 417 g/mol. The predicted octanol–water partition coefficient (Wildman–Crippen LogP) is 4.29. The Balaban J connectivity index is 1.87. The van der Waals surface area contributed by atoms with E-state index in [1.807, 2.05) is 36.4 Å². The van der Waals surface area contributed by atoms with Crippen molar-refractivity contribution in [3.05, 3.63) is 64.1 Å². The Bertz CT molecular complexity index is 757. The molecule has 0 atom stereocenters. The second-order valence-electron chi connectivity index (χ2n) is 6.87. The van der Waals surface area contributed by atoms with Gasteiger partial charge >= 0.3 is 0 Å². The molecule has 0 aliphatic heterocycles. The highest BCUT2D eigenvalue weighted by Crippen LogP contribution is 2.21. The number of hydrogen-bond donors (Lipinski definition) is 1. The van der Waals surface area contributed by atoms with Crippen LogP contribution in [0.3, 0.4) is 0 Å². The minimum atomic E-state index is -0.222. The number of para-hydroxylation sites is 1. The standard InChI is InChI=1S/C21H25BrN2O2/c1-15(2)12-16-8-10-17(11-9-16)13-21(26)24(3)14-20(25)23-19-7-5-4-6-18(19)22/h4-11,15H,12-14H2,1-3H3,(H,23,25). The second-order valence-corrected chi connectivity index (χ2v) is 7.72. The number of nitrogens with zero attached hydrogens (tertiary/aromatic N) is 1. The first-order chi connectivity index (χ1) is 12.3. The first-order valence-electron chi connectivity index (χ1n) is 8.71. The Labute approximate surface area is 163 Å². The molecule has 2 rings (SSSR count). The highest BCUT2D eigenvalue weighted by Gasteiger charge is 2.14. The molecule has 4 nitrogen and oxygen atoms in total. The normalized spacial score (nSPS) is 10.7. The molecule has 0 saturated heterocycles. The molecule has 26 heavy (non-hydrogen) atoms. The summed E-state index contributed by atoms with van der Waals surface area (Å²) in [6.07, 6.45) is 1.32. The maximum Gasteiger partial charge on any atom is 0.244 e. The van der Waals surface area contributed by atoms with E-state index in [1.165, 1.54) is 10.5 Å². The molecule has 0 radical (unpaired) electrons. The van der Waals surface area contributed by atoms with Gasteiger partial charge in [-0.15, -0.1) is 0 Å². The molecule has 2 aromatic carbocycles. The number of rotatable bonds is 7. The van der Waals surface area contributed by atoms with Crippen molar-refractivity contribution in [2.45, 2.75) is 26.7 Å². The van der Waals surface area contributed by atoms with Gasteiger partial charge in [0.15, 0.2) is 0 Å². The summed E-state index contributed by atoms with van der Waals surface area (Å²) >= 11 is 3.39. The van der Waals surface area contributed by atoms with Gasteiger partial charge in [0.25, 0.3) is 0 Å². The maximum atomic E-state index is 12.4. The molecule has 0 unspecified atom stereocenters. The van der Waals surface area contributed by atoms with Crippen molar-refractivity contribution in [2.24, 2.45) is 5.92 Å². The van der Waals surface area contributed by atoms with E-state index in [-0.39, 0.29) is 18.4 Å². The van der Waals surface area contributed by atoms with Crippen LogP contribution in [0.2, 0.25) is 0 Å². The topological polar surface area (TPSA) is 49.4 Å². The molecule has 1 N–H and O–H groups in total. The largest absolute Gasteiger partial charge is 0.336 e. The molecule has 0 saturated carbocycles. The van der Waals surface area contributed by atoms with Gasteiger partial charge in [-0.25, -0.2) is 0 Å². The van der Waals surface area contributed by atoms with Crippen molar-refractivity contribution in [3.8, 4) is 0 Å². The third kappa shape index (κ3) is 6.30. The number of carbonyl (C=O) groups is 2. The molecule has 0 spiro atoms. The third-order valence-corrected chi connectivity index (χ3v) is 4.67. The van der Waals surface area contributed by atoms with Gasteiger partial charge in [0.1, 0.15) is 0 Å². The molecule has 138 valence electrons. The molecule has 0 aromatic heterocycles. The van der Waals surface area contributed by atoms with Crippen LogP contribution in [0.1, 0.15) is 25.0 Å². The number of hydrogen-bond acceptors (Lipinski definition) is 2. The van der Waals surface area contributed by atoms with Crippen molar-refractivity contribution < 1.29 is 9.59 Å². The Hall–Kier alpha value is -2.14. The highest BCUT2D eigenvalue weighted by molar-refractivity contribution is 9.10. The predicted molar refractivity (Wildman–Crippen MR) is 109 cm³/mol. The summed E-state index contributed by atoms with van der Waals surface area (Å²) in [5.41, 5.74) is 2.93. The number of amides is 2. The van der Waals surface area contributed by atoms with Gasteiger partial charge in [0.2, 0.25) is 11.8 Å². The van der Waals surface area contributed by atoms with Crippen molar-refractivity contribution in [1.29, 1.82) is 0 Å². The van der Waals surface area contributed by atoms with E-state index in [2.05, 4.69) is 47.2 Å². The summed E-state index contributed by atoms with van der Waals surface area (Å²) in [7, 11) is 1.65. The summed E-state index contributed by atoms with van der Waals surface area (Å²) < 4.78 is 0.809. The Morgan fingerprint density at radius 3 is 2.27 bits per heavy atom. The summed E-state index contributed by atoms with van der Waals surface area (Å²) in [6, 6.07) is 15.5. The van der Waals surface area contributed by atoms with Gasteiger partial charge < -0.3 is 10.2 Å². The lowest BCUT2D eigenvalue weighted by atomic mass is 10.0. The van der Waals surface area contributed by atoms with Crippen LogP contribution in [0.25, 0.3) is 0 Å². The first kappa shape index (κ1) is 20.2. The number of carbonyl (C=O) groups excluding carboxylic acids is 2. The third-order valence-electron chi connectivity index (χ3n) is 3.98. The fourth-order valence-electron chi connectivity index (χ4n) is 2.63. The van der Waals surface area contributed by atoms with Crippen LogP contribution in [0.15, 0.2) is 53.0 Å². The number of nitrogens with one attached hydrogen (secondary N) is 1. The van der Waals surface area contributed by atoms with Gasteiger partial charge in [-0.1, -0.05) is 50.2 Å². The Kier molecular flexibility index (Phi) is 7.39. The lowest BCUT2D eigenvalue weighted by Gasteiger charge is -2.17. The van der Waals surface area contributed by atoms with Gasteiger partial charge in [-0.3, -0.25) is 9.59 Å². The molecule has 2 amide bonds. The average Bonchev–Trinajstić information content (AvgIpc) is 2.58. The van der Waals surface area contributed by atoms with Crippen molar-refractivity contribution in [3.63, 3.8) is 0 Å². The summed E-state index contributed by atoms with van der Waals surface area (Å²) in [5.74, 6) is 0.306. The maximum absolute atomic E-state index is 12.4. The lowest BCUT2D eigenvalue weighted by molar-refractivity contribution is -0.132. The number of halogens is 1. The highest BCUT2D eigenvalue weighted by atomic mass is 79.9. The van der Waals surface area contributed by atoms with E-state index in [9.17, 15) is 9.59 Å². The summed E-state index contributed by atoms with van der Waals surface area (Å²) in [5, 5.41) is 2.81. The smallest absolute Gasteiger partial charge is 0.244 e. The van der Waals surface area contributed by atoms with Gasteiger partial charge in [-0.05, 0) is 51.5 Å². The molecule has 5 heteroatoms. The number of benzene rings is 2. The zero-order valence-corrected chi connectivity index (χ0v) is 17.0. The quantitative estimate of drug-likeness (QED) is 0.731. The van der Waals surface area contributed by atoms with Gasteiger partial charge in [0.05, 0.1) is 18.7 Å². The van der Waals surface area contributed by atoms with Crippen LogP contribution in [-0.4, -0.2) is 30.3 Å². The Morgan fingerprint density at radius 2 is 1.65 bits per heavy atom. The van der Waals surface area contributed by atoms with Crippen molar-refractivity contribution >= 4 is 33.4 Å². The van der Waals surface area contributed by atoms with Crippen LogP contribution >= 0.6 is 15.9 Å². The molecule has 0 bridgehead atoms. The Morgan fingerprint density at radius 1 is 1.04 bits per heavy atom. The van der Waals surface area contributed by atoms with Crippen molar-refractivity contribution in [2.75, 3.05) is 18.9 Å². The van der Waals surface area contributed by atoms with E-state index in [0.717, 1.165) is 16.5 Å². The molecule has 2 aromatic rings. The van der Waals surface area contributed by atoms with Crippen LogP contribution in [0.4, 0.5) is 5.69 Å². The van der Waals surface area contributed by atoms with Crippen LogP contribution < -0.4 is 5.32 Å². The lowest BCUT2D eigenvalue weighted by Crippen LogP contribution is -2.35. The van der Waals surface area contributed by atoms with E-state index < -0.39 is 0 Å².